The molecule has 1 aliphatic heterocycles. The van der Waals surface area contributed by atoms with Crippen LogP contribution in [0, 0.1) is 5.92 Å². The number of hydrogen-bond acceptors (Lipinski definition) is 3. The van der Waals surface area contributed by atoms with Crippen molar-refractivity contribution in [3.8, 4) is 0 Å². The molecule has 2 aliphatic carbocycles. The van der Waals surface area contributed by atoms with Gasteiger partial charge in [0.25, 0.3) is 0 Å². The van der Waals surface area contributed by atoms with E-state index in [-0.39, 0.29) is 5.54 Å². The van der Waals surface area contributed by atoms with E-state index in [1.54, 1.807) is 0 Å². The summed E-state index contributed by atoms with van der Waals surface area (Å²) in [6.45, 7) is 4.51. The van der Waals surface area contributed by atoms with Gasteiger partial charge in [-0.1, -0.05) is 13.8 Å². The Bertz CT molecular complexity index is 373. The summed E-state index contributed by atoms with van der Waals surface area (Å²) in [5, 5.41) is 4.48. The van der Waals surface area contributed by atoms with Crippen LogP contribution in [0.25, 0.3) is 0 Å². The number of carbonyl (C=O) groups is 1. The topological polar surface area (TPSA) is 32.3 Å². The van der Waals surface area contributed by atoms with Crippen LogP contribution in [0.4, 0.5) is 0 Å². The van der Waals surface area contributed by atoms with E-state index in [2.05, 4.69) is 30.3 Å². The van der Waals surface area contributed by atoms with Crippen LogP contribution < -0.4 is 5.32 Å². The minimum absolute atomic E-state index is 0.143. The quantitative estimate of drug-likeness (QED) is 0.865. The number of nitrogens with one attached hydrogen (secondary N) is 1. The lowest BCUT2D eigenvalue weighted by Crippen LogP contribution is -2.47. The molecule has 3 nitrogen and oxygen atoms in total. The van der Waals surface area contributed by atoms with Gasteiger partial charge in [0.15, 0.2) is 0 Å². The molecule has 114 valence electrons. The number of rotatable bonds is 4. The van der Waals surface area contributed by atoms with E-state index >= 15 is 0 Å². The molecule has 1 atom stereocenters. The Balaban J connectivity index is 1.70. The summed E-state index contributed by atoms with van der Waals surface area (Å²) in [5.41, 5.74) is -0.143. The molecule has 0 aromatic rings. The summed E-state index contributed by atoms with van der Waals surface area (Å²) in [7, 11) is 0. The van der Waals surface area contributed by atoms with E-state index < -0.39 is 0 Å². The molecule has 3 fully saturated rings. The van der Waals surface area contributed by atoms with Crippen molar-refractivity contribution in [3.05, 3.63) is 0 Å². The molecule has 1 N–H and O–H groups in total. The predicted octanol–water partition coefficient (Wildman–Crippen LogP) is 3.00. The van der Waals surface area contributed by atoms with Crippen molar-refractivity contribution in [2.75, 3.05) is 6.26 Å². The van der Waals surface area contributed by atoms with Gasteiger partial charge in [0.05, 0.1) is 11.7 Å². The molecular formula is C16H28N2OS. The second-order valence-corrected chi connectivity index (χ2v) is 8.39. The van der Waals surface area contributed by atoms with Gasteiger partial charge in [-0.3, -0.25) is 10.1 Å². The van der Waals surface area contributed by atoms with Gasteiger partial charge in [-0.15, -0.1) is 0 Å². The Labute approximate surface area is 127 Å². The average molecular weight is 296 g/mol. The van der Waals surface area contributed by atoms with E-state index in [0.717, 1.165) is 24.5 Å². The first kappa shape index (κ1) is 14.7. The molecule has 1 spiro atoms. The van der Waals surface area contributed by atoms with Gasteiger partial charge in [0.1, 0.15) is 0 Å². The first-order valence-electron chi connectivity index (χ1n) is 8.19. The molecule has 1 amide bonds. The summed E-state index contributed by atoms with van der Waals surface area (Å²) in [4.78, 5) is 15.0. The SMILES string of the molecule is CSC1CCC(N2C(=O)C3(CC3)NC2CC(C)C)CC1. The summed E-state index contributed by atoms with van der Waals surface area (Å²) in [5.74, 6) is 1.05. The summed E-state index contributed by atoms with van der Waals surface area (Å²) in [6.07, 6.45) is 10.7. The van der Waals surface area contributed by atoms with Crippen molar-refractivity contribution < 1.29 is 4.79 Å². The zero-order chi connectivity index (χ0) is 14.3. The largest absolute Gasteiger partial charge is 0.323 e. The van der Waals surface area contributed by atoms with E-state index in [9.17, 15) is 4.79 Å². The first-order valence-corrected chi connectivity index (χ1v) is 9.48. The van der Waals surface area contributed by atoms with E-state index in [4.69, 9.17) is 0 Å². The van der Waals surface area contributed by atoms with Crippen molar-refractivity contribution in [3.63, 3.8) is 0 Å². The maximum atomic E-state index is 12.8. The average Bonchev–Trinajstić information content (AvgIpc) is 3.14. The summed E-state index contributed by atoms with van der Waals surface area (Å²) in [6, 6.07) is 0.488. The van der Waals surface area contributed by atoms with E-state index in [1.807, 2.05) is 11.8 Å². The Morgan fingerprint density at radius 2 is 1.95 bits per heavy atom. The Morgan fingerprint density at radius 1 is 1.30 bits per heavy atom. The number of thioether (sulfide) groups is 1. The molecule has 0 aromatic heterocycles. The van der Waals surface area contributed by atoms with Crippen LogP contribution in [0.5, 0.6) is 0 Å². The highest BCUT2D eigenvalue weighted by Gasteiger charge is 2.60. The van der Waals surface area contributed by atoms with Gasteiger partial charge in [0, 0.05) is 11.3 Å². The third-order valence-electron chi connectivity index (χ3n) is 5.24. The fourth-order valence-corrected chi connectivity index (χ4v) is 4.66. The molecule has 0 radical (unpaired) electrons. The van der Waals surface area contributed by atoms with Gasteiger partial charge in [-0.05, 0) is 57.1 Å². The number of amides is 1. The maximum absolute atomic E-state index is 12.8. The highest BCUT2D eigenvalue weighted by molar-refractivity contribution is 7.99. The highest BCUT2D eigenvalue weighted by atomic mass is 32.2. The number of hydrogen-bond donors (Lipinski definition) is 1. The number of carbonyl (C=O) groups excluding carboxylic acids is 1. The first-order chi connectivity index (χ1) is 9.55. The van der Waals surface area contributed by atoms with Crippen LogP contribution >= 0.6 is 11.8 Å². The molecule has 20 heavy (non-hydrogen) atoms. The van der Waals surface area contributed by atoms with Crippen molar-refractivity contribution in [1.82, 2.24) is 10.2 Å². The molecule has 4 heteroatoms. The van der Waals surface area contributed by atoms with Crippen LogP contribution in [0.1, 0.15) is 58.8 Å². The summed E-state index contributed by atoms with van der Waals surface area (Å²) >= 11 is 2.00. The van der Waals surface area contributed by atoms with Crippen LogP contribution in [-0.4, -0.2) is 40.1 Å². The molecule has 1 heterocycles. The van der Waals surface area contributed by atoms with Crippen molar-refractivity contribution in [2.24, 2.45) is 5.92 Å². The Kier molecular flexibility index (Phi) is 4.06. The maximum Gasteiger partial charge on any atom is 0.244 e. The van der Waals surface area contributed by atoms with E-state index in [1.165, 1.54) is 25.7 Å². The highest BCUT2D eigenvalue weighted by Crippen LogP contribution is 2.45. The van der Waals surface area contributed by atoms with Crippen LogP contribution in [0.15, 0.2) is 0 Å². The third-order valence-corrected chi connectivity index (χ3v) is 6.38. The fraction of sp³-hybridized carbons (Fsp3) is 0.938. The van der Waals surface area contributed by atoms with Gasteiger partial charge in [0.2, 0.25) is 5.91 Å². The Morgan fingerprint density at radius 3 is 2.45 bits per heavy atom. The standard InChI is InChI=1S/C16H28N2OS/c1-11(2)10-14-17-16(8-9-16)15(19)18(14)12-4-6-13(20-3)7-5-12/h11-14,17H,4-10H2,1-3H3. The third kappa shape index (κ3) is 2.61. The number of nitrogens with zero attached hydrogens (tertiary/aromatic N) is 1. The molecule has 3 aliphatic rings. The molecule has 1 unspecified atom stereocenters. The zero-order valence-corrected chi connectivity index (χ0v) is 13.8. The van der Waals surface area contributed by atoms with Crippen LogP contribution in [0.3, 0.4) is 0 Å². The Hall–Kier alpha value is -0.220. The molecular weight excluding hydrogens is 268 g/mol. The zero-order valence-electron chi connectivity index (χ0n) is 13.0. The van der Waals surface area contributed by atoms with Gasteiger partial charge in [-0.25, -0.2) is 0 Å². The minimum atomic E-state index is -0.143. The molecule has 0 aromatic carbocycles. The van der Waals surface area contributed by atoms with E-state index in [0.29, 0.717) is 24.0 Å². The lowest BCUT2D eigenvalue weighted by atomic mass is 9.92. The second-order valence-electron chi connectivity index (χ2n) is 7.25. The van der Waals surface area contributed by atoms with Gasteiger partial charge >= 0.3 is 0 Å². The van der Waals surface area contributed by atoms with Crippen molar-refractivity contribution >= 4 is 17.7 Å². The molecule has 2 saturated carbocycles. The molecule has 3 rings (SSSR count). The molecule has 1 saturated heterocycles. The van der Waals surface area contributed by atoms with Gasteiger partial charge < -0.3 is 4.90 Å². The normalized spacial score (nSPS) is 36.1. The van der Waals surface area contributed by atoms with Crippen molar-refractivity contribution in [1.29, 1.82) is 0 Å². The second kappa shape index (κ2) is 5.53. The van der Waals surface area contributed by atoms with Crippen LogP contribution in [0.2, 0.25) is 0 Å². The monoisotopic (exact) mass is 296 g/mol. The van der Waals surface area contributed by atoms with Crippen LogP contribution in [-0.2, 0) is 4.79 Å². The molecule has 0 bridgehead atoms. The smallest absolute Gasteiger partial charge is 0.244 e. The van der Waals surface area contributed by atoms with Gasteiger partial charge in [-0.2, -0.15) is 11.8 Å². The van der Waals surface area contributed by atoms with Crippen molar-refractivity contribution in [2.45, 2.75) is 81.8 Å². The lowest BCUT2D eigenvalue weighted by Gasteiger charge is -2.37. The fourth-order valence-electron chi connectivity index (χ4n) is 3.92. The predicted molar refractivity (Wildman–Crippen MR) is 84.7 cm³/mol. The lowest BCUT2D eigenvalue weighted by molar-refractivity contribution is -0.133. The minimum Gasteiger partial charge on any atom is -0.323 e. The summed E-state index contributed by atoms with van der Waals surface area (Å²) < 4.78 is 0.